The van der Waals surface area contributed by atoms with Gasteiger partial charge in [0, 0.05) is 24.2 Å². The van der Waals surface area contributed by atoms with Crippen molar-refractivity contribution in [2.45, 2.75) is 6.92 Å². The Kier molecular flexibility index (Phi) is 5.06. The van der Waals surface area contributed by atoms with Crippen LogP contribution in [0.5, 0.6) is 0 Å². The lowest BCUT2D eigenvalue weighted by Crippen LogP contribution is -2.20. The van der Waals surface area contributed by atoms with Crippen LogP contribution >= 0.6 is 0 Å². The van der Waals surface area contributed by atoms with Gasteiger partial charge >= 0.3 is 0 Å². The van der Waals surface area contributed by atoms with Crippen molar-refractivity contribution in [3.8, 4) is 12.1 Å². The van der Waals surface area contributed by atoms with Gasteiger partial charge in [0.1, 0.15) is 29.1 Å². The summed E-state index contributed by atoms with van der Waals surface area (Å²) in [6.07, 6.45) is 0. The van der Waals surface area contributed by atoms with Crippen LogP contribution in [0.2, 0.25) is 0 Å². The Balaban J connectivity index is 2.35. The zero-order chi connectivity index (χ0) is 20.4. The van der Waals surface area contributed by atoms with Crippen molar-refractivity contribution in [3.05, 3.63) is 75.4 Å². The summed E-state index contributed by atoms with van der Waals surface area (Å²) in [5.74, 6) is -5.55. The number of nitrogens with one attached hydrogen (secondary N) is 2. The maximum Gasteiger partial charge on any atom is 0.197 e. The van der Waals surface area contributed by atoms with Gasteiger partial charge in [-0.2, -0.15) is 10.5 Å². The normalized spacial score (nSPS) is 12.6. The number of ketones is 1. The van der Waals surface area contributed by atoms with Gasteiger partial charge in [0.05, 0.1) is 5.57 Å². The molecule has 0 spiro atoms. The summed E-state index contributed by atoms with van der Waals surface area (Å²) in [5.41, 5.74) is -2.32. The van der Waals surface area contributed by atoms with Crippen LogP contribution in [0.25, 0.3) is 5.57 Å². The van der Waals surface area contributed by atoms with E-state index in [0.717, 1.165) is 5.56 Å². The largest absolute Gasteiger partial charge is 0.370 e. The summed E-state index contributed by atoms with van der Waals surface area (Å²) < 4.78 is 43.6. The average Bonchev–Trinajstić information content (AvgIpc) is 3.21. The van der Waals surface area contributed by atoms with E-state index in [4.69, 9.17) is 5.26 Å². The lowest BCUT2D eigenvalue weighted by atomic mass is 9.90. The summed E-state index contributed by atoms with van der Waals surface area (Å²) in [6.45, 7) is 2.60. The topological polar surface area (TPSA) is 88.7 Å². The quantitative estimate of drug-likeness (QED) is 0.484. The molecule has 2 aromatic rings. The van der Waals surface area contributed by atoms with Gasteiger partial charge in [-0.25, -0.2) is 13.2 Å². The highest BCUT2D eigenvalue weighted by atomic mass is 19.2. The molecule has 5 nitrogen and oxygen atoms in total. The van der Waals surface area contributed by atoms with E-state index in [0.29, 0.717) is 13.1 Å². The van der Waals surface area contributed by atoms with Gasteiger partial charge < -0.3 is 10.6 Å². The van der Waals surface area contributed by atoms with E-state index in [9.17, 15) is 23.2 Å². The van der Waals surface area contributed by atoms with Crippen LogP contribution in [0.3, 0.4) is 0 Å². The Morgan fingerprint density at radius 3 is 2.04 bits per heavy atom. The maximum atomic E-state index is 14.8. The molecule has 1 saturated heterocycles. The number of hydrogen-bond donors (Lipinski definition) is 2. The molecule has 0 unspecified atom stereocenters. The van der Waals surface area contributed by atoms with Crippen molar-refractivity contribution in [1.82, 2.24) is 10.6 Å². The summed E-state index contributed by atoms with van der Waals surface area (Å²) in [4.78, 5) is 13.1. The number of benzene rings is 2. The van der Waals surface area contributed by atoms with E-state index < -0.39 is 45.5 Å². The number of aryl methyl sites for hydroxylation is 1. The van der Waals surface area contributed by atoms with E-state index in [1.165, 1.54) is 24.3 Å². The molecular weight excluding hydrogens is 369 g/mol. The molecule has 0 radical (unpaired) electrons. The Morgan fingerprint density at radius 2 is 1.50 bits per heavy atom. The minimum atomic E-state index is -1.75. The average molecular weight is 382 g/mol. The second kappa shape index (κ2) is 7.45. The lowest BCUT2D eigenvalue weighted by molar-refractivity contribution is 0.105. The van der Waals surface area contributed by atoms with E-state index in [1.807, 2.05) is 6.92 Å². The van der Waals surface area contributed by atoms with Gasteiger partial charge in [-0.1, -0.05) is 29.8 Å². The number of Topliss-reactive ketones (excluding diaryl/α,β-unsaturated/α-hetero) is 1. The molecule has 2 N–H and O–H groups in total. The summed E-state index contributed by atoms with van der Waals surface area (Å²) in [5, 5.41) is 23.9. The predicted molar refractivity (Wildman–Crippen MR) is 94.2 cm³/mol. The van der Waals surface area contributed by atoms with Gasteiger partial charge in [-0.05, 0) is 6.92 Å². The number of nitriles is 2. The zero-order valence-electron chi connectivity index (χ0n) is 14.7. The molecule has 0 aliphatic carbocycles. The smallest absolute Gasteiger partial charge is 0.197 e. The second-order valence-electron chi connectivity index (χ2n) is 6.09. The van der Waals surface area contributed by atoms with E-state index >= 15 is 0 Å². The van der Waals surface area contributed by atoms with Crippen molar-refractivity contribution >= 4 is 11.4 Å². The molecule has 140 valence electrons. The molecule has 0 saturated carbocycles. The number of hydrogen-bond acceptors (Lipinski definition) is 5. The molecular formula is C20H13F3N4O. The fraction of sp³-hybridized carbons (Fsp3) is 0.150. The predicted octanol–water partition coefficient (Wildman–Crippen LogP) is 2.90. The Bertz CT molecular complexity index is 1080. The van der Waals surface area contributed by atoms with Gasteiger partial charge in [-0.3, -0.25) is 4.79 Å². The molecule has 2 aromatic carbocycles. The number of carbonyl (C=O) groups excluding carboxylic acids is 1. The van der Waals surface area contributed by atoms with E-state index in [1.54, 1.807) is 12.1 Å². The fourth-order valence-electron chi connectivity index (χ4n) is 2.91. The Morgan fingerprint density at radius 1 is 0.929 bits per heavy atom. The van der Waals surface area contributed by atoms with Crippen LogP contribution in [0.1, 0.15) is 32.6 Å². The number of nitrogens with zero attached hydrogens (tertiary/aromatic N) is 2. The number of halogens is 3. The molecule has 28 heavy (non-hydrogen) atoms. The zero-order valence-corrected chi connectivity index (χ0v) is 14.7. The van der Waals surface area contributed by atoms with E-state index in [2.05, 4.69) is 10.6 Å². The Hall–Kier alpha value is -3.78. The summed E-state index contributed by atoms with van der Waals surface area (Å²) in [7, 11) is 0. The molecule has 1 aliphatic rings. The highest BCUT2D eigenvalue weighted by molar-refractivity contribution is 6.30. The van der Waals surface area contributed by atoms with Crippen molar-refractivity contribution in [1.29, 1.82) is 10.5 Å². The van der Waals surface area contributed by atoms with Crippen molar-refractivity contribution in [2.75, 3.05) is 13.1 Å². The molecule has 0 atom stereocenters. The van der Waals surface area contributed by atoms with Crippen LogP contribution in [-0.2, 0) is 0 Å². The highest BCUT2D eigenvalue weighted by Gasteiger charge is 2.32. The fourth-order valence-corrected chi connectivity index (χ4v) is 2.91. The third-order valence-corrected chi connectivity index (χ3v) is 4.31. The van der Waals surface area contributed by atoms with Gasteiger partial charge in [0.2, 0.25) is 0 Å². The van der Waals surface area contributed by atoms with Crippen LogP contribution in [-0.4, -0.2) is 18.9 Å². The number of carbonyl (C=O) groups is 1. The SMILES string of the molecule is Cc1ccc(C(=O)C(=C2NCCN2)c2c(F)c(F)c(C#N)c(F)c2C#N)cc1. The van der Waals surface area contributed by atoms with Crippen LogP contribution in [0, 0.1) is 47.0 Å². The standard InChI is InChI=1S/C20H13F3N4O/c1-10-2-4-11(5-3-10)19(28)15(20-26-6-7-27-20)14-12(8-24)16(21)13(9-25)17(22)18(14)23/h2-5,26-27H,6-7H2,1H3. The molecule has 0 amide bonds. The van der Waals surface area contributed by atoms with Crippen LogP contribution in [0.15, 0.2) is 30.1 Å². The summed E-state index contributed by atoms with van der Waals surface area (Å²) >= 11 is 0. The van der Waals surface area contributed by atoms with Crippen LogP contribution in [0.4, 0.5) is 13.2 Å². The maximum absolute atomic E-state index is 14.8. The van der Waals surface area contributed by atoms with Crippen molar-refractivity contribution < 1.29 is 18.0 Å². The second-order valence-corrected chi connectivity index (χ2v) is 6.09. The molecule has 0 bridgehead atoms. The van der Waals surface area contributed by atoms with Gasteiger partial charge in [0.15, 0.2) is 23.2 Å². The van der Waals surface area contributed by atoms with Crippen molar-refractivity contribution in [3.63, 3.8) is 0 Å². The molecule has 1 aliphatic heterocycles. The first-order valence-electron chi connectivity index (χ1n) is 8.25. The molecule has 0 aromatic heterocycles. The third-order valence-electron chi connectivity index (χ3n) is 4.31. The Labute approximate surface area is 158 Å². The number of rotatable bonds is 3. The molecule has 1 fully saturated rings. The first-order chi connectivity index (χ1) is 13.4. The van der Waals surface area contributed by atoms with Gasteiger partial charge in [0.25, 0.3) is 0 Å². The monoisotopic (exact) mass is 382 g/mol. The van der Waals surface area contributed by atoms with E-state index in [-0.39, 0.29) is 11.4 Å². The van der Waals surface area contributed by atoms with Gasteiger partial charge in [-0.15, -0.1) is 0 Å². The number of allylic oxidation sites excluding steroid dienone is 1. The van der Waals surface area contributed by atoms with Crippen molar-refractivity contribution in [2.24, 2.45) is 0 Å². The molecule has 8 heteroatoms. The lowest BCUT2D eigenvalue weighted by Gasteiger charge is -2.15. The minimum Gasteiger partial charge on any atom is -0.370 e. The first kappa shape index (κ1) is 19.0. The van der Waals surface area contributed by atoms with Crippen LogP contribution < -0.4 is 10.6 Å². The third kappa shape index (κ3) is 3.06. The first-order valence-corrected chi connectivity index (χ1v) is 8.25. The highest BCUT2D eigenvalue weighted by Crippen LogP contribution is 2.33. The molecule has 3 rings (SSSR count). The molecule has 1 heterocycles. The summed E-state index contributed by atoms with van der Waals surface area (Å²) in [6, 6.07) is 8.97. The minimum absolute atomic E-state index is 0.0597.